The molecule has 1 saturated heterocycles. The van der Waals surface area contributed by atoms with E-state index in [9.17, 15) is 4.79 Å². The number of piperidine rings is 1. The molecule has 6 heteroatoms. The van der Waals surface area contributed by atoms with Crippen molar-refractivity contribution in [2.24, 2.45) is 0 Å². The summed E-state index contributed by atoms with van der Waals surface area (Å²) >= 11 is 0. The fraction of sp³-hybridized carbons (Fsp3) is 0.400. The highest BCUT2D eigenvalue weighted by Gasteiger charge is 2.25. The summed E-state index contributed by atoms with van der Waals surface area (Å²) in [5.74, 6) is 0.922. The maximum atomic E-state index is 12.5. The first kappa shape index (κ1) is 16.8. The number of fused-ring (bicyclic) bond motifs is 1. The number of furan rings is 1. The van der Waals surface area contributed by atoms with Crippen molar-refractivity contribution in [3.8, 4) is 0 Å². The van der Waals surface area contributed by atoms with Gasteiger partial charge >= 0.3 is 5.95 Å². The zero-order valence-corrected chi connectivity index (χ0v) is 15.0. The van der Waals surface area contributed by atoms with Crippen LogP contribution in [0.25, 0.3) is 11.0 Å². The molecule has 136 valence electrons. The normalized spacial score (nSPS) is 15.5. The van der Waals surface area contributed by atoms with Crippen LogP contribution in [0, 0.1) is 0 Å². The van der Waals surface area contributed by atoms with Gasteiger partial charge in [0.25, 0.3) is 0 Å². The van der Waals surface area contributed by atoms with Gasteiger partial charge in [-0.05, 0) is 43.5 Å². The van der Waals surface area contributed by atoms with Gasteiger partial charge in [-0.1, -0.05) is 12.1 Å². The maximum Gasteiger partial charge on any atom is 0.356 e. The quantitative estimate of drug-likeness (QED) is 0.514. The van der Waals surface area contributed by atoms with Gasteiger partial charge in [0, 0.05) is 0 Å². The van der Waals surface area contributed by atoms with Gasteiger partial charge < -0.3 is 9.32 Å². The Morgan fingerprint density at radius 2 is 1.96 bits per heavy atom. The highest BCUT2D eigenvalue weighted by Crippen LogP contribution is 2.16. The number of imidazole rings is 1. The molecule has 2 aromatic heterocycles. The number of nitrogen functional groups attached to an aromatic ring is 1. The van der Waals surface area contributed by atoms with Crippen LogP contribution in [-0.4, -0.2) is 30.0 Å². The minimum Gasteiger partial charge on any atom is -0.461 e. The average Bonchev–Trinajstić information content (AvgIpc) is 3.29. The Labute approximate surface area is 152 Å². The number of Topliss-reactive ketones (excluding diaryl/α,β-unsaturated/α-hetero) is 1. The molecule has 4 rings (SSSR count). The third kappa shape index (κ3) is 3.24. The van der Waals surface area contributed by atoms with Crippen LogP contribution in [0.4, 0.5) is 5.95 Å². The number of anilines is 1. The minimum absolute atomic E-state index is 0.0729. The molecular weight excluding hydrogens is 328 g/mol. The van der Waals surface area contributed by atoms with E-state index in [0.717, 1.165) is 24.1 Å². The Morgan fingerprint density at radius 1 is 1.15 bits per heavy atom. The number of nitrogens with one attached hydrogen (secondary N) is 1. The van der Waals surface area contributed by atoms with Crippen LogP contribution in [-0.2, 0) is 13.1 Å². The topological polar surface area (TPSA) is 69.5 Å². The molecule has 0 unspecified atom stereocenters. The van der Waals surface area contributed by atoms with E-state index in [1.54, 1.807) is 17.0 Å². The summed E-state index contributed by atoms with van der Waals surface area (Å²) in [6.07, 6.45) is 5.50. The maximum absolute atomic E-state index is 12.5. The van der Waals surface area contributed by atoms with Crippen LogP contribution < -0.4 is 15.2 Å². The molecule has 26 heavy (non-hydrogen) atoms. The standard InChI is InChI=1S/C20H24N4O2/c21-20-23(13-12-22-10-4-1-5-11-22)16-7-2-3-8-17(16)24(20)15-18(25)19-9-6-14-26-19/h2-3,6-9,14,21H,1,4-5,10-13,15H2/p+2. The van der Waals surface area contributed by atoms with Crippen LogP contribution in [0.1, 0.15) is 29.8 Å². The molecule has 3 heterocycles. The SMILES string of the molecule is Nc1n(CC[NH+]2CCCCC2)c2ccccc2[n+]1CC(=O)c1ccco1. The van der Waals surface area contributed by atoms with Gasteiger partial charge in [0.15, 0.2) is 5.76 Å². The Hall–Kier alpha value is -2.60. The minimum atomic E-state index is -0.0729. The van der Waals surface area contributed by atoms with Crippen LogP contribution in [0.5, 0.6) is 0 Å². The fourth-order valence-electron chi connectivity index (χ4n) is 3.94. The van der Waals surface area contributed by atoms with Crippen molar-refractivity contribution in [3.63, 3.8) is 0 Å². The Bertz CT molecular complexity index is 892. The number of nitrogens with zero attached hydrogens (tertiary/aromatic N) is 2. The molecule has 0 radical (unpaired) electrons. The Balaban J connectivity index is 1.61. The number of ketones is 1. The van der Waals surface area contributed by atoms with Gasteiger partial charge in [0.1, 0.15) is 30.7 Å². The first-order chi connectivity index (χ1) is 12.7. The second-order valence-corrected chi connectivity index (χ2v) is 7.05. The number of benzene rings is 1. The van der Waals surface area contributed by atoms with Crippen molar-refractivity contribution in [2.75, 3.05) is 25.4 Å². The predicted octanol–water partition coefficient (Wildman–Crippen LogP) is 1.06. The number of para-hydroxylation sites is 2. The van der Waals surface area contributed by atoms with Crippen molar-refractivity contribution in [1.82, 2.24) is 4.57 Å². The summed E-state index contributed by atoms with van der Waals surface area (Å²) in [5.41, 5.74) is 8.53. The number of likely N-dealkylation sites (tertiary alicyclic amines) is 1. The van der Waals surface area contributed by atoms with Gasteiger partial charge in [0.2, 0.25) is 5.78 Å². The number of rotatable bonds is 6. The van der Waals surface area contributed by atoms with E-state index in [-0.39, 0.29) is 12.3 Å². The number of nitrogens with two attached hydrogens (primary N) is 1. The molecule has 3 aromatic rings. The Kier molecular flexibility index (Phi) is 4.75. The van der Waals surface area contributed by atoms with Crippen molar-refractivity contribution < 1.29 is 18.7 Å². The molecule has 1 fully saturated rings. The molecule has 1 aliphatic rings. The smallest absolute Gasteiger partial charge is 0.356 e. The number of carbonyl (C=O) groups is 1. The van der Waals surface area contributed by atoms with Gasteiger partial charge in [-0.3, -0.25) is 10.5 Å². The predicted molar refractivity (Wildman–Crippen MR) is 99.0 cm³/mol. The zero-order valence-electron chi connectivity index (χ0n) is 15.0. The molecular formula is C20H26N4O2+2. The second kappa shape index (κ2) is 7.33. The number of hydrogen-bond acceptors (Lipinski definition) is 3. The summed E-state index contributed by atoms with van der Waals surface area (Å²) in [6, 6.07) is 11.5. The molecule has 0 bridgehead atoms. The van der Waals surface area contributed by atoms with Crippen LogP contribution in [0.2, 0.25) is 0 Å². The molecule has 6 nitrogen and oxygen atoms in total. The van der Waals surface area contributed by atoms with E-state index in [1.807, 2.05) is 22.8 Å². The zero-order chi connectivity index (χ0) is 17.9. The summed E-state index contributed by atoms with van der Waals surface area (Å²) in [6.45, 7) is 4.61. The van der Waals surface area contributed by atoms with E-state index in [0.29, 0.717) is 11.7 Å². The van der Waals surface area contributed by atoms with Crippen molar-refractivity contribution in [3.05, 3.63) is 48.4 Å². The largest absolute Gasteiger partial charge is 0.461 e. The molecule has 3 N–H and O–H groups in total. The summed E-state index contributed by atoms with van der Waals surface area (Å²) < 4.78 is 9.28. The first-order valence-electron chi connectivity index (χ1n) is 9.41. The second-order valence-electron chi connectivity index (χ2n) is 7.05. The van der Waals surface area contributed by atoms with Gasteiger partial charge in [-0.25, -0.2) is 9.13 Å². The highest BCUT2D eigenvalue weighted by atomic mass is 16.3. The monoisotopic (exact) mass is 354 g/mol. The third-order valence-corrected chi connectivity index (χ3v) is 5.36. The lowest BCUT2D eigenvalue weighted by molar-refractivity contribution is -0.905. The Morgan fingerprint density at radius 3 is 2.73 bits per heavy atom. The van der Waals surface area contributed by atoms with Crippen LogP contribution >= 0.6 is 0 Å². The summed E-state index contributed by atoms with van der Waals surface area (Å²) in [7, 11) is 0. The third-order valence-electron chi connectivity index (χ3n) is 5.36. The summed E-state index contributed by atoms with van der Waals surface area (Å²) in [4.78, 5) is 14.1. The van der Waals surface area contributed by atoms with Gasteiger partial charge in [0.05, 0.1) is 19.4 Å². The molecule has 0 saturated carbocycles. The lowest BCUT2D eigenvalue weighted by Crippen LogP contribution is -3.13. The van der Waals surface area contributed by atoms with Crippen LogP contribution in [0.3, 0.4) is 0 Å². The van der Waals surface area contributed by atoms with Gasteiger partial charge in [-0.2, -0.15) is 0 Å². The lowest BCUT2D eigenvalue weighted by Gasteiger charge is -2.22. The molecule has 1 aliphatic heterocycles. The van der Waals surface area contributed by atoms with E-state index in [1.165, 1.54) is 38.6 Å². The van der Waals surface area contributed by atoms with E-state index < -0.39 is 0 Å². The number of hydrogen-bond donors (Lipinski definition) is 2. The molecule has 1 aromatic carbocycles. The number of quaternary nitrogens is 1. The molecule has 0 atom stereocenters. The average molecular weight is 354 g/mol. The van der Waals surface area contributed by atoms with Crippen molar-refractivity contribution in [2.45, 2.75) is 32.4 Å². The van der Waals surface area contributed by atoms with Gasteiger partial charge in [-0.15, -0.1) is 0 Å². The molecule has 0 amide bonds. The van der Waals surface area contributed by atoms with Crippen LogP contribution in [0.15, 0.2) is 47.1 Å². The summed E-state index contributed by atoms with van der Waals surface area (Å²) in [5, 5.41) is 0. The first-order valence-corrected chi connectivity index (χ1v) is 9.41. The van der Waals surface area contributed by atoms with Crippen molar-refractivity contribution in [1.29, 1.82) is 0 Å². The van der Waals surface area contributed by atoms with E-state index in [2.05, 4.69) is 10.6 Å². The number of aromatic nitrogens is 2. The fourth-order valence-corrected chi connectivity index (χ4v) is 3.94. The molecule has 0 spiro atoms. The highest BCUT2D eigenvalue weighted by molar-refractivity contribution is 5.92. The van der Waals surface area contributed by atoms with E-state index in [4.69, 9.17) is 10.2 Å². The van der Waals surface area contributed by atoms with Crippen molar-refractivity contribution >= 4 is 22.8 Å². The van der Waals surface area contributed by atoms with E-state index >= 15 is 0 Å². The number of carbonyl (C=O) groups excluding carboxylic acids is 1. The lowest BCUT2D eigenvalue weighted by atomic mass is 10.1. The molecule has 0 aliphatic carbocycles.